The molecule has 1 N–H and O–H groups in total. The summed E-state index contributed by atoms with van der Waals surface area (Å²) in [7, 11) is 0. The summed E-state index contributed by atoms with van der Waals surface area (Å²) in [4.78, 5) is 7.00. The highest BCUT2D eigenvalue weighted by Crippen LogP contribution is 2.18. The molecule has 1 unspecified atom stereocenters. The van der Waals surface area contributed by atoms with Crippen molar-refractivity contribution in [3.8, 4) is 0 Å². The molecule has 0 spiro atoms. The minimum atomic E-state index is 0.818. The molecule has 1 aliphatic heterocycles. The third-order valence-electron chi connectivity index (χ3n) is 3.54. The van der Waals surface area contributed by atoms with Gasteiger partial charge >= 0.3 is 0 Å². The Morgan fingerprint density at radius 2 is 2.41 bits per heavy atom. The van der Waals surface area contributed by atoms with Gasteiger partial charge in [-0.2, -0.15) is 0 Å². The normalized spacial score (nSPS) is 20.9. The van der Waals surface area contributed by atoms with E-state index >= 15 is 0 Å². The third kappa shape index (κ3) is 3.51. The smallest absolute Gasteiger partial charge is 0.0573 e. The summed E-state index contributed by atoms with van der Waals surface area (Å²) >= 11 is 0. The second-order valence-electron chi connectivity index (χ2n) is 4.96. The molecule has 94 valence electrons. The van der Waals surface area contributed by atoms with E-state index in [-0.39, 0.29) is 0 Å². The van der Waals surface area contributed by atoms with Gasteiger partial charge in [0.15, 0.2) is 0 Å². The first-order chi connectivity index (χ1) is 8.29. The molecule has 1 atom stereocenters. The molecule has 1 aromatic rings. The fourth-order valence-electron chi connectivity index (χ4n) is 2.47. The van der Waals surface area contributed by atoms with Gasteiger partial charge in [0.1, 0.15) is 0 Å². The summed E-state index contributed by atoms with van der Waals surface area (Å²) in [6.45, 7) is 9.99. The lowest BCUT2D eigenvalue weighted by atomic mass is 10.1. The van der Waals surface area contributed by atoms with E-state index in [9.17, 15) is 0 Å². The molecule has 3 heteroatoms. The number of nitrogens with zero attached hydrogens (tertiary/aromatic N) is 2. The zero-order valence-electron chi connectivity index (χ0n) is 10.9. The van der Waals surface area contributed by atoms with Crippen molar-refractivity contribution in [3.05, 3.63) is 29.6 Å². The van der Waals surface area contributed by atoms with Gasteiger partial charge in [0.25, 0.3) is 0 Å². The molecular formula is C14H23N3. The average molecular weight is 233 g/mol. The van der Waals surface area contributed by atoms with Crippen molar-refractivity contribution in [2.75, 3.05) is 26.2 Å². The van der Waals surface area contributed by atoms with Crippen molar-refractivity contribution < 1.29 is 0 Å². The monoisotopic (exact) mass is 233 g/mol. The summed E-state index contributed by atoms with van der Waals surface area (Å²) in [5.41, 5.74) is 2.54. The number of likely N-dealkylation sites (tertiary alicyclic amines) is 1. The summed E-state index contributed by atoms with van der Waals surface area (Å²) in [6.07, 6.45) is 3.22. The fourth-order valence-corrected chi connectivity index (χ4v) is 2.47. The maximum atomic E-state index is 4.47. The first kappa shape index (κ1) is 12.5. The van der Waals surface area contributed by atoms with E-state index in [1.807, 2.05) is 12.3 Å². The van der Waals surface area contributed by atoms with Crippen LogP contribution in [-0.4, -0.2) is 36.1 Å². The van der Waals surface area contributed by atoms with E-state index in [0.717, 1.165) is 25.6 Å². The molecule has 2 heterocycles. The van der Waals surface area contributed by atoms with E-state index in [0.29, 0.717) is 0 Å². The van der Waals surface area contributed by atoms with Gasteiger partial charge in [-0.1, -0.05) is 13.0 Å². The highest BCUT2D eigenvalue weighted by atomic mass is 15.2. The Kier molecular flexibility index (Phi) is 4.51. The molecule has 0 saturated carbocycles. The van der Waals surface area contributed by atoms with Crippen molar-refractivity contribution >= 4 is 0 Å². The quantitative estimate of drug-likeness (QED) is 0.841. The number of nitrogens with one attached hydrogen (secondary N) is 1. The molecule has 3 nitrogen and oxygen atoms in total. The highest BCUT2D eigenvalue weighted by molar-refractivity contribution is 5.17. The van der Waals surface area contributed by atoms with Crippen molar-refractivity contribution in [2.45, 2.75) is 26.8 Å². The Balaban J connectivity index is 1.83. The number of rotatable bonds is 5. The molecule has 0 bridgehead atoms. The molecule has 0 aromatic carbocycles. The van der Waals surface area contributed by atoms with Crippen molar-refractivity contribution in [3.63, 3.8) is 0 Å². The largest absolute Gasteiger partial charge is 0.317 e. The molecule has 0 radical (unpaired) electrons. The van der Waals surface area contributed by atoms with Gasteiger partial charge in [-0.25, -0.2) is 0 Å². The maximum Gasteiger partial charge on any atom is 0.0573 e. The highest BCUT2D eigenvalue weighted by Gasteiger charge is 2.22. The average Bonchev–Trinajstić information content (AvgIpc) is 2.77. The van der Waals surface area contributed by atoms with Gasteiger partial charge in [-0.05, 0) is 50.5 Å². The number of aromatic nitrogens is 1. The van der Waals surface area contributed by atoms with Crippen LogP contribution in [0.4, 0.5) is 0 Å². The van der Waals surface area contributed by atoms with Crippen molar-refractivity contribution in [1.82, 2.24) is 15.2 Å². The van der Waals surface area contributed by atoms with Crippen LogP contribution in [0.3, 0.4) is 0 Å². The van der Waals surface area contributed by atoms with Crippen LogP contribution in [0.1, 0.15) is 24.6 Å². The second-order valence-corrected chi connectivity index (χ2v) is 4.96. The SMILES string of the molecule is CCNCC1CCN(Cc2ncccc2C)C1. The first-order valence-electron chi connectivity index (χ1n) is 6.63. The lowest BCUT2D eigenvalue weighted by Gasteiger charge is -2.16. The number of pyridine rings is 1. The van der Waals surface area contributed by atoms with Crippen LogP contribution in [0, 0.1) is 12.8 Å². The zero-order valence-corrected chi connectivity index (χ0v) is 10.9. The summed E-state index contributed by atoms with van der Waals surface area (Å²) in [5, 5.41) is 3.44. The van der Waals surface area contributed by atoms with E-state index < -0.39 is 0 Å². The molecule has 0 aliphatic carbocycles. The minimum Gasteiger partial charge on any atom is -0.317 e. The third-order valence-corrected chi connectivity index (χ3v) is 3.54. The van der Waals surface area contributed by atoms with Crippen LogP contribution in [-0.2, 0) is 6.54 Å². The van der Waals surface area contributed by atoms with Crippen LogP contribution < -0.4 is 5.32 Å². The lowest BCUT2D eigenvalue weighted by Crippen LogP contribution is -2.26. The Morgan fingerprint density at radius 1 is 1.53 bits per heavy atom. The molecular weight excluding hydrogens is 210 g/mol. The van der Waals surface area contributed by atoms with Gasteiger partial charge in [-0.3, -0.25) is 9.88 Å². The van der Waals surface area contributed by atoms with Crippen molar-refractivity contribution in [2.24, 2.45) is 5.92 Å². The fraction of sp³-hybridized carbons (Fsp3) is 0.643. The Hall–Kier alpha value is -0.930. The molecule has 1 fully saturated rings. The molecule has 1 aliphatic rings. The van der Waals surface area contributed by atoms with Gasteiger partial charge in [-0.15, -0.1) is 0 Å². The first-order valence-corrected chi connectivity index (χ1v) is 6.63. The van der Waals surface area contributed by atoms with Crippen LogP contribution in [0.25, 0.3) is 0 Å². The summed E-state index contributed by atoms with van der Waals surface area (Å²) in [5.74, 6) is 0.818. The van der Waals surface area contributed by atoms with Crippen LogP contribution in [0.5, 0.6) is 0 Å². The predicted molar refractivity (Wildman–Crippen MR) is 70.9 cm³/mol. The predicted octanol–water partition coefficient (Wildman–Crippen LogP) is 1.82. The Labute approximate surface area is 104 Å². The topological polar surface area (TPSA) is 28.2 Å². The van der Waals surface area contributed by atoms with Crippen LogP contribution >= 0.6 is 0 Å². The van der Waals surface area contributed by atoms with Crippen LogP contribution in [0.2, 0.25) is 0 Å². The Morgan fingerprint density at radius 3 is 3.18 bits per heavy atom. The summed E-state index contributed by atoms with van der Waals surface area (Å²) < 4.78 is 0. The van der Waals surface area contributed by atoms with Gasteiger partial charge < -0.3 is 5.32 Å². The summed E-state index contributed by atoms with van der Waals surface area (Å²) in [6, 6.07) is 4.16. The molecule has 0 amide bonds. The molecule has 1 aromatic heterocycles. The van der Waals surface area contributed by atoms with Crippen LogP contribution in [0.15, 0.2) is 18.3 Å². The lowest BCUT2D eigenvalue weighted by molar-refractivity contribution is 0.310. The maximum absolute atomic E-state index is 4.47. The van der Waals surface area contributed by atoms with Gasteiger partial charge in [0, 0.05) is 19.3 Å². The van der Waals surface area contributed by atoms with E-state index in [4.69, 9.17) is 0 Å². The van der Waals surface area contributed by atoms with Gasteiger partial charge in [0.05, 0.1) is 5.69 Å². The van der Waals surface area contributed by atoms with E-state index in [1.54, 1.807) is 0 Å². The molecule has 17 heavy (non-hydrogen) atoms. The number of aryl methyl sites for hydroxylation is 1. The number of hydrogen-bond acceptors (Lipinski definition) is 3. The second kappa shape index (κ2) is 6.12. The van der Waals surface area contributed by atoms with Gasteiger partial charge in [0.2, 0.25) is 0 Å². The van der Waals surface area contributed by atoms with E-state index in [1.165, 1.54) is 30.8 Å². The van der Waals surface area contributed by atoms with Crippen molar-refractivity contribution in [1.29, 1.82) is 0 Å². The number of hydrogen-bond donors (Lipinski definition) is 1. The standard InChI is InChI=1S/C14H23N3/c1-3-15-9-13-6-8-17(10-13)11-14-12(2)5-4-7-16-14/h4-5,7,13,15H,3,6,8-11H2,1-2H3. The zero-order chi connectivity index (χ0) is 12.1. The van der Waals surface area contributed by atoms with E-state index in [2.05, 4.69) is 35.1 Å². The minimum absolute atomic E-state index is 0.818. The molecule has 1 saturated heterocycles. The Bertz CT molecular complexity index is 351. The molecule has 2 rings (SSSR count).